The van der Waals surface area contributed by atoms with Crippen molar-refractivity contribution in [3.8, 4) is 78.7 Å². The minimum absolute atomic E-state index is 0.176. The van der Waals surface area contributed by atoms with Gasteiger partial charge in [-0.25, -0.2) is 15.0 Å². The van der Waals surface area contributed by atoms with E-state index in [1.54, 1.807) is 0 Å². The number of rotatable bonds is 9. The Morgan fingerprint density at radius 3 is 0.828 bits per heavy atom. The summed E-state index contributed by atoms with van der Waals surface area (Å²) in [7, 11) is 0. The lowest BCUT2D eigenvalue weighted by molar-refractivity contribution is 0.568. The van der Waals surface area contributed by atoms with E-state index >= 15 is 0 Å². The van der Waals surface area contributed by atoms with E-state index in [9.17, 15) is 0 Å². The smallest absolute Gasteiger partial charge is 0.252 e. The van der Waals surface area contributed by atoms with E-state index in [4.69, 9.17) is 15.0 Å². The molecule has 3 heterocycles. The first-order valence-electron chi connectivity index (χ1n) is 35.0. The molecular weight excluding hydrogens is 1200 g/mol. The first-order valence-corrected chi connectivity index (χ1v) is 35.0. The SMILES string of the molecule is CC(C)(C)c1cc(N2c3cc(-c4nc(-c5cc(-c6ccccc6)cc(-c6ccccc6)c5)nc(-c5cc(-c6ccccc6)cc(-c6ccccc6)c5)n4)cc4c3B(c3ccc5ccccc5c32)c2ccc3ccccc3c2N4c2cc(C(C)(C)C)cc(C(C)(C)C)c2)cc(C(C)(C)C)c1. The Hall–Kier alpha value is -10.9. The highest BCUT2D eigenvalue weighted by molar-refractivity contribution is 7.00. The number of benzene rings is 13. The maximum absolute atomic E-state index is 5.90. The number of anilines is 6. The lowest BCUT2D eigenvalue weighted by Gasteiger charge is -2.45. The second-order valence-electron chi connectivity index (χ2n) is 31.4. The van der Waals surface area contributed by atoms with Gasteiger partial charge < -0.3 is 9.80 Å². The molecule has 0 atom stereocenters. The first-order chi connectivity index (χ1) is 47.6. The molecule has 0 aliphatic carbocycles. The molecule has 5 nitrogen and oxygen atoms in total. The summed E-state index contributed by atoms with van der Waals surface area (Å²) in [5.41, 5.74) is 26.2. The zero-order valence-electron chi connectivity index (χ0n) is 58.9. The monoisotopic (exact) mass is 1280 g/mol. The predicted octanol–water partition coefficient (Wildman–Crippen LogP) is 23.1. The third-order valence-electron chi connectivity index (χ3n) is 20.4. The molecule has 0 unspecified atom stereocenters. The number of hydrogen-bond donors (Lipinski definition) is 0. The van der Waals surface area contributed by atoms with Crippen molar-refractivity contribution in [2.75, 3.05) is 9.80 Å². The molecule has 0 N–H and O–H groups in total. The minimum atomic E-state index is -0.185. The first kappa shape index (κ1) is 62.8. The van der Waals surface area contributed by atoms with Crippen molar-refractivity contribution < 1.29 is 0 Å². The summed E-state index contributed by atoms with van der Waals surface area (Å²) in [6, 6.07) is 104. The van der Waals surface area contributed by atoms with Crippen LogP contribution in [0.1, 0.15) is 105 Å². The minimum Gasteiger partial charge on any atom is -0.311 e. The zero-order valence-corrected chi connectivity index (χ0v) is 58.9. The largest absolute Gasteiger partial charge is 0.311 e. The molecule has 0 saturated heterocycles. The van der Waals surface area contributed by atoms with Crippen LogP contribution in [0.15, 0.2) is 279 Å². The molecule has 14 aromatic rings. The second kappa shape index (κ2) is 24.0. The Bertz CT molecular complexity index is 4970. The third kappa shape index (κ3) is 11.6. The van der Waals surface area contributed by atoms with Gasteiger partial charge in [0.2, 0.25) is 0 Å². The lowest BCUT2D eigenvalue weighted by Crippen LogP contribution is -2.61. The Morgan fingerprint density at radius 1 is 0.253 bits per heavy atom. The highest BCUT2D eigenvalue weighted by Gasteiger charge is 2.46. The average molecular weight is 1280 g/mol. The van der Waals surface area contributed by atoms with Crippen LogP contribution in [0.5, 0.6) is 0 Å². The van der Waals surface area contributed by atoms with E-state index in [0.717, 1.165) is 83.9 Å². The van der Waals surface area contributed by atoms with Crippen molar-refractivity contribution >= 4 is 78.8 Å². The highest BCUT2D eigenvalue weighted by Crippen LogP contribution is 2.51. The number of aromatic nitrogens is 3. The van der Waals surface area contributed by atoms with E-state index in [1.807, 2.05) is 0 Å². The summed E-state index contributed by atoms with van der Waals surface area (Å²) in [4.78, 5) is 22.8. The van der Waals surface area contributed by atoms with Crippen molar-refractivity contribution in [1.29, 1.82) is 0 Å². The molecule has 482 valence electrons. The summed E-state index contributed by atoms with van der Waals surface area (Å²) in [5, 5.41) is 4.74. The normalized spacial score (nSPS) is 13.0. The van der Waals surface area contributed by atoms with Crippen LogP contribution in [0.2, 0.25) is 0 Å². The van der Waals surface area contributed by atoms with Crippen LogP contribution in [0.25, 0.3) is 100 Å². The van der Waals surface area contributed by atoms with Gasteiger partial charge in [0.25, 0.3) is 6.71 Å². The van der Waals surface area contributed by atoms with Gasteiger partial charge in [-0.05, 0) is 188 Å². The molecule has 2 aliphatic heterocycles. The van der Waals surface area contributed by atoms with E-state index in [-0.39, 0.29) is 28.4 Å². The summed E-state index contributed by atoms with van der Waals surface area (Å²) < 4.78 is 0. The number of fused-ring (bicyclic) bond motifs is 8. The molecule has 0 amide bonds. The molecule has 0 radical (unpaired) electrons. The van der Waals surface area contributed by atoms with Crippen LogP contribution >= 0.6 is 0 Å². The molecule has 2 aliphatic rings. The van der Waals surface area contributed by atoms with Gasteiger partial charge in [0.1, 0.15) is 0 Å². The second-order valence-corrected chi connectivity index (χ2v) is 31.4. The Morgan fingerprint density at radius 2 is 0.525 bits per heavy atom. The summed E-state index contributed by atoms with van der Waals surface area (Å²) in [6.07, 6.45) is 0. The van der Waals surface area contributed by atoms with E-state index in [2.05, 4.69) is 372 Å². The summed E-state index contributed by atoms with van der Waals surface area (Å²) in [6.45, 7) is 28.0. The quantitative estimate of drug-likeness (QED) is 0.135. The van der Waals surface area contributed by atoms with Gasteiger partial charge in [-0.15, -0.1) is 0 Å². The van der Waals surface area contributed by atoms with Crippen molar-refractivity contribution in [3.63, 3.8) is 0 Å². The molecule has 6 heteroatoms. The van der Waals surface area contributed by atoms with Gasteiger partial charge in [-0.3, -0.25) is 0 Å². The Balaban J connectivity index is 1.07. The van der Waals surface area contributed by atoms with Gasteiger partial charge in [-0.1, -0.05) is 289 Å². The standard InChI is InChI=1S/C93H82BN5/c1-90(2,3)72-53-73(91(4,5)6)56-76(55-72)98-82-51-71(52-83-84(82)94(80-43-41-63-37-25-27-39-78(63)85(80)98)81-44-42-64-38-26-28-40-79(64)86(81)99(83)77-57-74(92(7,8)9)54-75(58-77)93(10,11)12)89-96-87(69-47-65(59-29-17-13-18-30-59)45-66(48-69)60-31-19-14-20-32-60)95-88(97-89)70-49-67(61-33-21-15-22-34-61)46-68(50-70)62-35-23-16-24-36-62/h13-58H,1-12H3. The average Bonchev–Trinajstić information content (AvgIpc) is 0.687. The van der Waals surface area contributed by atoms with Crippen LogP contribution < -0.4 is 26.2 Å². The number of hydrogen-bond acceptors (Lipinski definition) is 5. The van der Waals surface area contributed by atoms with Crippen molar-refractivity contribution in [2.24, 2.45) is 0 Å². The molecular formula is C93H82BN5. The maximum atomic E-state index is 5.90. The predicted molar refractivity (Wildman–Crippen MR) is 422 cm³/mol. The molecule has 99 heavy (non-hydrogen) atoms. The molecule has 0 bridgehead atoms. The fraction of sp³-hybridized carbons (Fsp3) is 0.172. The molecule has 0 saturated carbocycles. The molecule has 13 aromatic carbocycles. The third-order valence-corrected chi connectivity index (χ3v) is 20.4. The molecule has 1 aromatic heterocycles. The van der Waals surface area contributed by atoms with E-state index in [1.165, 1.54) is 71.6 Å². The van der Waals surface area contributed by atoms with E-state index in [0.29, 0.717) is 17.5 Å². The van der Waals surface area contributed by atoms with Crippen LogP contribution in [0, 0.1) is 0 Å². The molecule has 16 rings (SSSR count). The molecule has 0 fully saturated rings. The van der Waals surface area contributed by atoms with Gasteiger partial charge in [0, 0.05) is 61.6 Å². The van der Waals surface area contributed by atoms with Crippen molar-refractivity contribution in [1.82, 2.24) is 15.0 Å². The van der Waals surface area contributed by atoms with E-state index < -0.39 is 0 Å². The topological polar surface area (TPSA) is 45.2 Å². The maximum Gasteiger partial charge on any atom is 0.252 e. The van der Waals surface area contributed by atoms with Gasteiger partial charge in [0.05, 0.1) is 0 Å². The highest BCUT2D eigenvalue weighted by atomic mass is 15.2. The van der Waals surface area contributed by atoms with Crippen LogP contribution in [0.4, 0.5) is 34.1 Å². The van der Waals surface area contributed by atoms with Crippen LogP contribution in [0.3, 0.4) is 0 Å². The zero-order chi connectivity index (χ0) is 68.3. The Labute approximate surface area is 584 Å². The lowest BCUT2D eigenvalue weighted by atomic mass is 9.33. The van der Waals surface area contributed by atoms with Crippen molar-refractivity contribution in [2.45, 2.75) is 105 Å². The summed E-state index contributed by atoms with van der Waals surface area (Å²) in [5.74, 6) is 1.71. The van der Waals surface area contributed by atoms with Gasteiger partial charge in [-0.2, -0.15) is 0 Å². The number of nitrogens with zero attached hydrogens (tertiary/aromatic N) is 5. The summed E-state index contributed by atoms with van der Waals surface area (Å²) >= 11 is 0. The van der Waals surface area contributed by atoms with Crippen molar-refractivity contribution in [3.05, 3.63) is 301 Å². The molecule has 0 spiro atoms. The van der Waals surface area contributed by atoms with Gasteiger partial charge in [0.15, 0.2) is 17.5 Å². The fourth-order valence-corrected chi connectivity index (χ4v) is 14.9. The fourth-order valence-electron chi connectivity index (χ4n) is 14.9. The van der Waals surface area contributed by atoms with Crippen LogP contribution in [-0.4, -0.2) is 21.7 Å². The Kier molecular flexibility index (Phi) is 15.2. The van der Waals surface area contributed by atoms with Crippen LogP contribution in [-0.2, 0) is 21.7 Å². The van der Waals surface area contributed by atoms with Gasteiger partial charge >= 0.3 is 0 Å².